The molecule has 1 saturated carbocycles. The number of hydrogen-bond acceptors (Lipinski definition) is 4. The largest absolute Gasteiger partial charge is 0.383 e. The maximum absolute atomic E-state index is 11.4. The van der Waals surface area contributed by atoms with Crippen LogP contribution < -0.4 is 11.5 Å². The third kappa shape index (κ3) is 3.43. The van der Waals surface area contributed by atoms with E-state index in [4.69, 9.17) is 16.2 Å². The molecule has 1 fully saturated rings. The van der Waals surface area contributed by atoms with Gasteiger partial charge in [-0.25, -0.2) is 0 Å². The molecule has 0 heterocycles. The Hall–Kier alpha value is -0.650. The minimum atomic E-state index is -0.816. The number of amides is 1. The molecule has 5 heteroatoms. The minimum absolute atomic E-state index is 0.340. The Morgan fingerprint density at radius 2 is 2.28 bits per heavy atom. The summed E-state index contributed by atoms with van der Waals surface area (Å²) >= 11 is 0. The first kappa shape index (κ1) is 15.4. The maximum atomic E-state index is 11.4. The van der Waals surface area contributed by atoms with E-state index in [1.54, 1.807) is 7.11 Å². The smallest absolute Gasteiger partial charge is 0.237 e. The van der Waals surface area contributed by atoms with Crippen LogP contribution in [-0.2, 0) is 9.53 Å². The van der Waals surface area contributed by atoms with E-state index in [-0.39, 0.29) is 5.91 Å². The zero-order chi connectivity index (χ0) is 13.8. The Kier molecular flexibility index (Phi) is 5.56. The Balaban J connectivity index is 2.67. The highest BCUT2D eigenvalue weighted by Gasteiger charge is 2.43. The van der Waals surface area contributed by atoms with Gasteiger partial charge in [-0.3, -0.25) is 9.69 Å². The van der Waals surface area contributed by atoms with Crippen LogP contribution in [-0.4, -0.2) is 48.7 Å². The molecule has 0 saturated heterocycles. The van der Waals surface area contributed by atoms with E-state index in [0.717, 1.165) is 19.4 Å². The van der Waals surface area contributed by atoms with Crippen LogP contribution in [0, 0.1) is 0 Å². The van der Waals surface area contributed by atoms with E-state index < -0.39 is 5.54 Å². The minimum Gasteiger partial charge on any atom is -0.383 e. The SMILES string of the molecule is CCC(C)N(CCOC)C1CCC(N)(C(N)=O)C1. The summed E-state index contributed by atoms with van der Waals surface area (Å²) in [6.07, 6.45) is 3.37. The number of nitrogens with two attached hydrogens (primary N) is 2. The molecule has 0 aromatic rings. The second-order valence-corrected chi connectivity index (χ2v) is 5.40. The molecule has 106 valence electrons. The van der Waals surface area contributed by atoms with Crippen LogP contribution in [0.1, 0.15) is 39.5 Å². The summed E-state index contributed by atoms with van der Waals surface area (Å²) in [6.45, 7) is 5.96. The van der Waals surface area contributed by atoms with Crippen molar-refractivity contribution in [1.82, 2.24) is 4.90 Å². The van der Waals surface area contributed by atoms with Gasteiger partial charge in [0.05, 0.1) is 12.1 Å². The number of nitrogens with zero attached hydrogens (tertiary/aromatic N) is 1. The first-order valence-electron chi connectivity index (χ1n) is 6.78. The molecule has 0 bridgehead atoms. The third-order valence-corrected chi connectivity index (χ3v) is 4.19. The van der Waals surface area contributed by atoms with E-state index in [9.17, 15) is 4.79 Å². The number of rotatable bonds is 7. The van der Waals surface area contributed by atoms with Crippen LogP contribution in [0.5, 0.6) is 0 Å². The third-order valence-electron chi connectivity index (χ3n) is 4.19. The molecular weight excluding hydrogens is 230 g/mol. The van der Waals surface area contributed by atoms with E-state index in [2.05, 4.69) is 18.7 Å². The van der Waals surface area contributed by atoms with Crippen molar-refractivity contribution in [3.8, 4) is 0 Å². The molecule has 5 nitrogen and oxygen atoms in total. The highest BCUT2D eigenvalue weighted by Crippen LogP contribution is 2.32. The lowest BCUT2D eigenvalue weighted by Crippen LogP contribution is -2.52. The predicted octanol–water partition coefficient (Wildman–Crippen LogP) is 0.469. The average molecular weight is 257 g/mol. The zero-order valence-corrected chi connectivity index (χ0v) is 11.8. The Morgan fingerprint density at radius 3 is 2.72 bits per heavy atom. The van der Waals surface area contributed by atoms with Crippen molar-refractivity contribution in [3.63, 3.8) is 0 Å². The van der Waals surface area contributed by atoms with E-state index >= 15 is 0 Å². The van der Waals surface area contributed by atoms with Crippen molar-refractivity contribution >= 4 is 5.91 Å². The molecule has 1 rings (SSSR count). The van der Waals surface area contributed by atoms with Gasteiger partial charge in [-0.1, -0.05) is 6.92 Å². The number of methoxy groups -OCH3 is 1. The van der Waals surface area contributed by atoms with Crippen LogP contribution in [0.2, 0.25) is 0 Å². The van der Waals surface area contributed by atoms with Gasteiger partial charge in [0.15, 0.2) is 0 Å². The fourth-order valence-corrected chi connectivity index (χ4v) is 2.75. The Bertz CT molecular complexity index is 285. The molecular formula is C13H27N3O2. The molecule has 3 atom stereocenters. The number of hydrogen-bond donors (Lipinski definition) is 2. The maximum Gasteiger partial charge on any atom is 0.237 e. The molecule has 0 aromatic carbocycles. The van der Waals surface area contributed by atoms with E-state index in [0.29, 0.717) is 31.5 Å². The van der Waals surface area contributed by atoms with Crippen molar-refractivity contribution in [2.45, 2.75) is 57.2 Å². The summed E-state index contributed by atoms with van der Waals surface area (Å²) in [6, 6.07) is 0.813. The van der Waals surface area contributed by atoms with Gasteiger partial charge >= 0.3 is 0 Å². The van der Waals surface area contributed by atoms with Crippen molar-refractivity contribution in [2.24, 2.45) is 11.5 Å². The summed E-state index contributed by atoms with van der Waals surface area (Å²) in [5.41, 5.74) is 10.6. The first-order valence-corrected chi connectivity index (χ1v) is 6.78. The van der Waals surface area contributed by atoms with E-state index in [1.807, 2.05) is 0 Å². The highest BCUT2D eigenvalue weighted by molar-refractivity contribution is 5.84. The van der Waals surface area contributed by atoms with Gasteiger partial charge < -0.3 is 16.2 Å². The van der Waals surface area contributed by atoms with Crippen LogP contribution in [0.15, 0.2) is 0 Å². The standard InChI is InChI=1S/C13H27N3O2/c1-4-10(2)16(7-8-18-3)11-5-6-13(15,9-11)12(14)17/h10-11H,4-9,15H2,1-3H3,(H2,14,17). The number of carbonyl (C=O) groups is 1. The topological polar surface area (TPSA) is 81.6 Å². The Morgan fingerprint density at radius 1 is 1.61 bits per heavy atom. The van der Waals surface area contributed by atoms with Gasteiger partial charge in [0, 0.05) is 25.7 Å². The van der Waals surface area contributed by atoms with Gasteiger partial charge in [-0.15, -0.1) is 0 Å². The van der Waals surface area contributed by atoms with Gasteiger partial charge in [-0.05, 0) is 32.6 Å². The summed E-state index contributed by atoms with van der Waals surface area (Å²) in [5, 5.41) is 0. The lowest BCUT2D eigenvalue weighted by atomic mass is 9.97. The molecule has 4 N–H and O–H groups in total. The molecule has 1 amide bonds. The van der Waals surface area contributed by atoms with Crippen molar-refractivity contribution in [3.05, 3.63) is 0 Å². The summed E-state index contributed by atoms with van der Waals surface area (Å²) < 4.78 is 5.16. The van der Waals surface area contributed by atoms with Crippen molar-refractivity contribution in [2.75, 3.05) is 20.3 Å². The molecule has 0 aliphatic heterocycles. The molecule has 3 unspecified atom stereocenters. The van der Waals surface area contributed by atoms with Gasteiger partial charge in [0.1, 0.15) is 0 Å². The molecule has 1 aliphatic carbocycles. The zero-order valence-electron chi connectivity index (χ0n) is 11.8. The quantitative estimate of drug-likeness (QED) is 0.694. The van der Waals surface area contributed by atoms with E-state index in [1.165, 1.54) is 0 Å². The van der Waals surface area contributed by atoms with Crippen molar-refractivity contribution < 1.29 is 9.53 Å². The molecule has 1 aliphatic rings. The molecule has 18 heavy (non-hydrogen) atoms. The second kappa shape index (κ2) is 6.50. The van der Waals surface area contributed by atoms with Crippen LogP contribution in [0.25, 0.3) is 0 Å². The van der Waals surface area contributed by atoms with Gasteiger partial charge in [-0.2, -0.15) is 0 Å². The number of carbonyl (C=O) groups excluding carboxylic acids is 1. The van der Waals surface area contributed by atoms with Crippen LogP contribution >= 0.6 is 0 Å². The Labute approximate surface area is 110 Å². The van der Waals surface area contributed by atoms with Crippen LogP contribution in [0.4, 0.5) is 0 Å². The molecule has 0 radical (unpaired) electrons. The number of primary amides is 1. The summed E-state index contributed by atoms with van der Waals surface area (Å²) in [4.78, 5) is 13.8. The van der Waals surface area contributed by atoms with Crippen molar-refractivity contribution in [1.29, 1.82) is 0 Å². The lowest BCUT2D eigenvalue weighted by molar-refractivity contribution is -0.123. The predicted molar refractivity (Wildman–Crippen MR) is 72.1 cm³/mol. The monoisotopic (exact) mass is 257 g/mol. The van der Waals surface area contributed by atoms with Gasteiger partial charge in [0.25, 0.3) is 0 Å². The number of ether oxygens (including phenoxy) is 1. The average Bonchev–Trinajstić information content (AvgIpc) is 2.73. The molecule has 0 aromatic heterocycles. The fraction of sp³-hybridized carbons (Fsp3) is 0.923. The highest BCUT2D eigenvalue weighted by atomic mass is 16.5. The van der Waals surface area contributed by atoms with Gasteiger partial charge in [0.2, 0.25) is 5.91 Å². The fourth-order valence-electron chi connectivity index (χ4n) is 2.75. The second-order valence-electron chi connectivity index (χ2n) is 5.40. The molecule has 0 spiro atoms. The normalized spacial score (nSPS) is 29.7. The lowest BCUT2D eigenvalue weighted by Gasteiger charge is -2.34. The van der Waals surface area contributed by atoms with Crippen LogP contribution in [0.3, 0.4) is 0 Å². The first-order chi connectivity index (χ1) is 8.44. The summed E-state index contributed by atoms with van der Waals surface area (Å²) in [7, 11) is 1.71. The summed E-state index contributed by atoms with van der Waals surface area (Å²) in [5.74, 6) is -0.374.